The molecule has 2 heterocycles. The second-order valence-corrected chi connectivity index (χ2v) is 4.93. The number of rotatable bonds is 6. The lowest BCUT2D eigenvalue weighted by Crippen LogP contribution is -2.27. The average molecular weight is 267 g/mol. The van der Waals surface area contributed by atoms with E-state index in [0.29, 0.717) is 18.5 Å². The van der Waals surface area contributed by atoms with E-state index in [-0.39, 0.29) is 17.9 Å². The van der Waals surface area contributed by atoms with E-state index < -0.39 is 0 Å². The SMILES string of the molecule is CCCNC(C)c1nnc(N2CCC(C(N)=O)C2)o1. The van der Waals surface area contributed by atoms with Crippen LogP contribution in [0, 0.1) is 5.92 Å². The number of carbonyl (C=O) groups excluding carboxylic acids is 1. The first-order chi connectivity index (χ1) is 9.11. The second-order valence-electron chi connectivity index (χ2n) is 4.93. The highest BCUT2D eigenvalue weighted by Crippen LogP contribution is 2.24. The van der Waals surface area contributed by atoms with Crippen LogP contribution in [0.2, 0.25) is 0 Å². The molecule has 3 N–H and O–H groups in total. The van der Waals surface area contributed by atoms with Gasteiger partial charge in [-0.1, -0.05) is 12.0 Å². The van der Waals surface area contributed by atoms with Crippen LogP contribution in [-0.2, 0) is 4.79 Å². The summed E-state index contributed by atoms with van der Waals surface area (Å²) in [6.45, 7) is 6.29. The van der Waals surface area contributed by atoms with Crippen molar-refractivity contribution < 1.29 is 9.21 Å². The van der Waals surface area contributed by atoms with Gasteiger partial charge in [-0.05, 0) is 26.3 Å². The zero-order valence-corrected chi connectivity index (χ0v) is 11.4. The number of hydrogen-bond acceptors (Lipinski definition) is 6. The normalized spacial score (nSPS) is 20.7. The molecule has 0 saturated carbocycles. The highest BCUT2D eigenvalue weighted by Gasteiger charge is 2.29. The Labute approximate surface area is 112 Å². The molecule has 19 heavy (non-hydrogen) atoms. The summed E-state index contributed by atoms with van der Waals surface area (Å²) in [4.78, 5) is 13.0. The molecule has 1 fully saturated rings. The number of nitrogens with two attached hydrogens (primary N) is 1. The van der Waals surface area contributed by atoms with Crippen LogP contribution in [0.4, 0.5) is 6.01 Å². The Balaban J connectivity index is 1.96. The molecule has 0 spiro atoms. The molecule has 0 radical (unpaired) electrons. The molecular weight excluding hydrogens is 246 g/mol. The van der Waals surface area contributed by atoms with Crippen LogP contribution in [0.3, 0.4) is 0 Å². The molecule has 0 bridgehead atoms. The molecule has 7 nitrogen and oxygen atoms in total. The third-order valence-electron chi connectivity index (χ3n) is 3.36. The molecule has 1 amide bonds. The number of carbonyl (C=O) groups is 1. The molecule has 1 aromatic heterocycles. The minimum absolute atomic E-state index is 0.0377. The van der Waals surface area contributed by atoms with Crippen LogP contribution >= 0.6 is 0 Å². The highest BCUT2D eigenvalue weighted by atomic mass is 16.4. The van der Waals surface area contributed by atoms with Crippen LogP contribution in [0.5, 0.6) is 0 Å². The molecule has 7 heteroatoms. The van der Waals surface area contributed by atoms with Crippen molar-refractivity contribution >= 4 is 11.9 Å². The molecular formula is C12H21N5O2. The average Bonchev–Trinajstić information content (AvgIpc) is 3.03. The van der Waals surface area contributed by atoms with Gasteiger partial charge in [-0.3, -0.25) is 4.79 Å². The van der Waals surface area contributed by atoms with E-state index in [9.17, 15) is 4.79 Å². The van der Waals surface area contributed by atoms with Gasteiger partial charge in [0, 0.05) is 13.1 Å². The fraction of sp³-hybridized carbons (Fsp3) is 0.750. The quantitative estimate of drug-likeness (QED) is 0.776. The van der Waals surface area contributed by atoms with E-state index in [1.165, 1.54) is 0 Å². The Hall–Kier alpha value is -1.63. The maximum Gasteiger partial charge on any atom is 0.318 e. The minimum Gasteiger partial charge on any atom is -0.406 e. The van der Waals surface area contributed by atoms with Crippen LogP contribution in [0.1, 0.15) is 38.6 Å². The van der Waals surface area contributed by atoms with Gasteiger partial charge in [-0.2, -0.15) is 0 Å². The van der Waals surface area contributed by atoms with Gasteiger partial charge in [0.05, 0.1) is 12.0 Å². The number of nitrogens with one attached hydrogen (secondary N) is 1. The van der Waals surface area contributed by atoms with Gasteiger partial charge in [-0.15, -0.1) is 5.10 Å². The first-order valence-corrected chi connectivity index (χ1v) is 6.72. The molecule has 1 aliphatic heterocycles. The summed E-state index contributed by atoms with van der Waals surface area (Å²) in [6.07, 6.45) is 1.80. The van der Waals surface area contributed by atoms with E-state index >= 15 is 0 Å². The number of nitrogens with zero attached hydrogens (tertiary/aromatic N) is 3. The zero-order chi connectivity index (χ0) is 13.8. The van der Waals surface area contributed by atoms with E-state index in [0.717, 1.165) is 25.9 Å². The Morgan fingerprint density at radius 1 is 1.63 bits per heavy atom. The fourth-order valence-electron chi connectivity index (χ4n) is 2.14. The summed E-state index contributed by atoms with van der Waals surface area (Å²) < 4.78 is 5.64. The summed E-state index contributed by atoms with van der Waals surface area (Å²) in [7, 11) is 0. The lowest BCUT2D eigenvalue weighted by molar-refractivity contribution is -0.121. The van der Waals surface area contributed by atoms with Crippen molar-refractivity contribution in [2.75, 3.05) is 24.5 Å². The van der Waals surface area contributed by atoms with Crippen molar-refractivity contribution in [1.29, 1.82) is 0 Å². The molecule has 2 unspecified atom stereocenters. The van der Waals surface area contributed by atoms with Gasteiger partial charge in [0.1, 0.15) is 0 Å². The first-order valence-electron chi connectivity index (χ1n) is 6.72. The van der Waals surface area contributed by atoms with Crippen molar-refractivity contribution in [3.8, 4) is 0 Å². The predicted molar refractivity (Wildman–Crippen MR) is 70.5 cm³/mol. The smallest absolute Gasteiger partial charge is 0.318 e. The zero-order valence-electron chi connectivity index (χ0n) is 11.4. The Morgan fingerprint density at radius 2 is 2.42 bits per heavy atom. The summed E-state index contributed by atoms with van der Waals surface area (Å²) >= 11 is 0. The van der Waals surface area contributed by atoms with Crippen LogP contribution in [0.15, 0.2) is 4.42 Å². The number of aromatic nitrogens is 2. The monoisotopic (exact) mass is 267 g/mol. The van der Waals surface area contributed by atoms with Crippen LogP contribution in [-0.4, -0.2) is 35.7 Å². The molecule has 1 saturated heterocycles. The van der Waals surface area contributed by atoms with Crippen molar-refractivity contribution in [3.05, 3.63) is 5.89 Å². The third kappa shape index (κ3) is 3.23. The molecule has 0 aliphatic carbocycles. The van der Waals surface area contributed by atoms with E-state index in [1.54, 1.807) is 0 Å². The largest absolute Gasteiger partial charge is 0.406 e. The van der Waals surface area contributed by atoms with Gasteiger partial charge < -0.3 is 20.4 Å². The van der Waals surface area contributed by atoms with E-state index in [2.05, 4.69) is 22.4 Å². The van der Waals surface area contributed by atoms with Crippen molar-refractivity contribution in [1.82, 2.24) is 15.5 Å². The number of amides is 1. The number of anilines is 1. The van der Waals surface area contributed by atoms with Gasteiger partial charge in [0.25, 0.3) is 0 Å². The minimum atomic E-state index is -0.264. The van der Waals surface area contributed by atoms with Gasteiger partial charge >= 0.3 is 6.01 Å². The van der Waals surface area contributed by atoms with Crippen LogP contribution in [0.25, 0.3) is 0 Å². The summed E-state index contributed by atoms with van der Waals surface area (Å²) in [6, 6.07) is 0.514. The molecule has 106 valence electrons. The molecule has 2 atom stereocenters. The summed E-state index contributed by atoms with van der Waals surface area (Å²) in [5, 5.41) is 11.4. The maximum absolute atomic E-state index is 11.1. The number of primary amides is 1. The topological polar surface area (TPSA) is 97.3 Å². The Kier molecular flexibility index (Phi) is 4.36. The molecule has 0 aromatic carbocycles. The van der Waals surface area contributed by atoms with Gasteiger partial charge in [0.15, 0.2) is 0 Å². The lowest BCUT2D eigenvalue weighted by atomic mass is 10.1. The summed E-state index contributed by atoms with van der Waals surface area (Å²) in [5.41, 5.74) is 5.30. The van der Waals surface area contributed by atoms with E-state index in [4.69, 9.17) is 10.2 Å². The van der Waals surface area contributed by atoms with Crippen molar-refractivity contribution in [2.45, 2.75) is 32.7 Å². The predicted octanol–water partition coefficient (Wildman–Crippen LogP) is 0.442. The second kappa shape index (κ2) is 6.01. The first kappa shape index (κ1) is 13.8. The maximum atomic E-state index is 11.1. The van der Waals surface area contributed by atoms with E-state index in [1.807, 2.05) is 11.8 Å². The fourth-order valence-corrected chi connectivity index (χ4v) is 2.14. The number of hydrogen-bond donors (Lipinski definition) is 2. The Bertz CT molecular complexity index is 434. The molecule has 2 rings (SSSR count). The Morgan fingerprint density at radius 3 is 3.05 bits per heavy atom. The molecule has 1 aromatic rings. The van der Waals surface area contributed by atoms with Crippen LogP contribution < -0.4 is 16.0 Å². The van der Waals surface area contributed by atoms with Gasteiger partial charge in [-0.25, -0.2) is 0 Å². The summed E-state index contributed by atoms with van der Waals surface area (Å²) in [5.74, 6) is 0.192. The van der Waals surface area contributed by atoms with Crippen molar-refractivity contribution in [2.24, 2.45) is 11.7 Å². The third-order valence-corrected chi connectivity index (χ3v) is 3.36. The molecule has 1 aliphatic rings. The van der Waals surface area contributed by atoms with Crippen molar-refractivity contribution in [3.63, 3.8) is 0 Å². The highest BCUT2D eigenvalue weighted by molar-refractivity contribution is 5.77. The van der Waals surface area contributed by atoms with Gasteiger partial charge in [0.2, 0.25) is 11.8 Å². The lowest BCUT2D eigenvalue weighted by Gasteiger charge is -2.12. The standard InChI is InChI=1S/C12H21N5O2/c1-3-5-14-8(2)11-15-16-12(19-11)17-6-4-9(7-17)10(13)18/h8-9,14H,3-7H2,1-2H3,(H2,13,18).